The van der Waals surface area contributed by atoms with E-state index in [0.717, 1.165) is 18.2 Å². The van der Waals surface area contributed by atoms with Crippen molar-refractivity contribution in [3.05, 3.63) is 69.0 Å². The molecule has 0 fully saturated rings. The molecule has 26 heavy (non-hydrogen) atoms. The molecule has 134 valence electrons. The number of hydrogen-bond acceptors (Lipinski definition) is 5. The van der Waals surface area contributed by atoms with Crippen molar-refractivity contribution in [3.8, 4) is 5.75 Å². The molecular formula is C16H10ClFN3O4S-. The number of non-ortho nitro benzene ring substituents is 1. The highest BCUT2D eigenvalue weighted by molar-refractivity contribution is 7.80. The monoisotopic (exact) mass is 394 g/mol. The van der Waals surface area contributed by atoms with Crippen LogP contribution in [0.4, 0.5) is 15.8 Å². The summed E-state index contributed by atoms with van der Waals surface area (Å²) in [6.45, 7) is 0. The van der Waals surface area contributed by atoms with Gasteiger partial charge in [-0.2, -0.15) is 0 Å². The Morgan fingerprint density at radius 2 is 1.92 bits per heavy atom. The smallest absolute Gasteiger partial charge is 0.272 e. The molecule has 0 saturated heterocycles. The van der Waals surface area contributed by atoms with Crippen LogP contribution in [0.3, 0.4) is 0 Å². The van der Waals surface area contributed by atoms with E-state index < -0.39 is 28.1 Å². The second-order valence-electron chi connectivity index (χ2n) is 4.89. The first-order valence-electron chi connectivity index (χ1n) is 6.97. The lowest BCUT2D eigenvalue weighted by molar-refractivity contribution is -0.385. The number of hydrogen-bond donors (Lipinski definition) is 2. The first-order chi connectivity index (χ1) is 12.3. The Morgan fingerprint density at radius 1 is 1.27 bits per heavy atom. The molecule has 0 aliphatic rings. The van der Waals surface area contributed by atoms with E-state index in [9.17, 15) is 24.4 Å². The van der Waals surface area contributed by atoms with Crippen LogP contribution in [0.1, 0.15) is 5.56 Å². The van der Waals surface area contributed by atoms with Gasteiger partial charge in [-0.3, -0.25) is 20.2 Å². The zero-order valence-corrected chi connectivity index (χ0v) is 14.4. The van der Waals surface area contributed by atoms with Crippen LogP contribution in [0, 0.1) is 15.9 Å². The standard InChI is InChI=1S/C16H11ClFN3O4S/c17-12-7-11(21(24)25)8-13(15(12)23)19-16(26)20-14(22)6-3-9-1-4-10(18)5-2-9/h1-8,23H,(H2,19,20,22,26)/p-1/b6-3+. The topological polar surface area (TPSA) is 107 Å². The average molecular weight is 395 g/mol. The second kappa shape index (κ2) is 8.37. The molecule has 0 aliphatic heterocycles. The van der Waals surface area contributed by atoms with Gasteiger partial charge < -0.3 is 10.4 Å². The number of nitrogens with zero attached hydrogens (tertiary/aromatic N) is 1. The Labute approximate surface area is 157 Å². The van der Waals surface area contributed by atoms with Gasteiger partial charge in [0.15, 0.2) is 5.11 Å². The van der Waals surface area contributed by atoms with Gasteiger partial charge in [0.05, 0.1) is 4.92 Å². The zero-order chi connectivity index (χ0) is 19.3. The predicted octanol–water partition coefficient (Wildman–Crippen LogP) is 2.99. The van der Waals surface area contributed by atoms with Gasteiger partial charge in [0, 0.05) is 28.9 Å². The third-order valence-corrected chi connectivity index (χ3v) is 3.51. The van der Waals surface area contributed by atoms with Crippen molar-refractivity contribution in [2.45, 2.75) is 0 Å². The number of rotatable bonds is 4. The van der Waals surface area contributed by atoms with Crippen LogP contribution in [0.5, 0.6) is 5.75 Å². The van der Waals surface area contributed by atoms with Crippen LogP contribution in [0.15, 0.2) is 42.5 Å². The van der Waals surface area contributed by atoms with Gasteiger partial charge in [-0.25, -0.2) is 4.39 Å². The number of carbonyl (C=O) groups is 1. The van der Waals surface area contributed by atoms with Crippen LogP contribution in [-0.4, -0.2) is 15.9 Å². The van der Waals surface area contributed by atoms with E-state index in [1.807, 2.05) is 0 Å². The van der Waals surface area contributed by atoms with Gasteiger partial charge in [-0.05, 0) is 36.0 Å². The number of nitro benzene ring substituents is 1. The Balaban J connectivity index is 2.03. The SMILES string of the molecule is O=C(/C=C/c1ccc(F)cc1)NC(=S)Nc1cc([N+](=O)[O-])cc(Cl)c1[O-]. The molecule has 10 heteroatoms. The second-order valence-corrected chi connectivity index (χ2v) is 5.71. The van der Waals surface area contributed by atoms with Crippen LogP contribution < -0.4 is 15.7 Å². The number of nitro groups is 1. The van der Waals surface area contributed by atoms with E-state index in [1.165, 1.54) is 30.3 Å². The van der Waals surface area contributed by atoms with Crippen LogP contribution in [0.2, 0.25) is 5.02 Å². The highest BCUT2D eigenvalue weighted by Crippen LogP contribution is 2.33. The first kappa shape index (κ1) is 19.3. The molecule has 0 bridgehead atoms. The third-order valence-electron chi connectivity index (χ3n) is 3.02. The number of halogens is 2. The maximum Gasteiger partial charge on any atom is 0.272 e. The van der Waals surface area contributed by atoms with Gasteiger partial charge in [-0.1, -0.05) is 29.5 Å². The number of anilines is 1. The quantitative estimate of drug-likeness (QED) is 0.357. The summed E-state index contributed by atoms with van der Waals surface area (Å²) < 4.78 is 12.8. The number of amides is 1. The normalized spacial score (nSPS) is 10.5. The number of thiocarbonyl (C=S) groups is 1. The lowest BCUT2D eigenvalue weighted by Gasteiger charge is -2.17. The minimum atomic E-state index is -0.719. The number of benzene rings is 2. The summed E-state index contributed by atoms with van der Waals surface area (Å²) in [6.07, 6.45) is 2.58. The fourth-order valence-electron chi connectivity index (χ4n) is 1.83. The van der Waals surface area contributed by atoms with Crippen molar-refractivity contribution in [1.82, 2.24) is 5.32 Å². The van der Waals surface area contributed by atoms with Crippen molar-refractivity contribution in [2.24, 2.45) is 0 Å². The molecule has 2 aromatic carbocycles. The summed E-state index contributed by atoms with van der Waals surface area (Å²) >= 11 is 10.5. The molecule has 1 amide bonds. The summed E-state index contributed by atoms with van der Waals surface area (Å²) in [7, 11) is 0. The van der Waals surface area contributed by atoms with Crippen molar-refractivity contribution in [1.29, 1.82) is 0 Å². The van der Waals surface area contributed by atoms with Crippen molar-refractivity contribution in [2.75, 3.05) is 5.32 Å². The lowest BCUT2D eigenvalue weighted by Crippen LogP contribution is -2.33. The molecule has 2 aromatic rings. The van der Waals surface area contributed by atoms with Gasteiger partial charge in [0.2, 0.25) is 5.91 Å². The maximum absolute atomic E-state index is 12.8. The largest absolute Gasteiger partial charge is 0.870 e. The third kappa shape index (κ3) is 5.23. The van der Waals surface area contributed by atoms with E-state index >= 15 is 0 Å². The first-order valence-corrected chi connectivity index (χ1v) is 7.75. The van der Waals surface area contributed by atoms with Crippen molar-refractivity contribution < 1.29 is 19.2 Å². The molecule has 0 aromatic heterocycles. The van der Waals surface area contributed by atoms with Crippen LogP contribution in [-0.2, 0) is 4.79 Å². The van der Waals surface area contributed by atoms with Crippen LogP contribution in [0.25, 0.3) is 6.08 Å². The summed E-state index contributed by atoms with van der Waals surface area (Å²) in [6, 6.07) is 7.31. The van der Waals surface area contributed by atoms with E-state index in [0.29, 0.717) is 5.56 Å². The van der Waals surface area contributed by atoms with E-state index in [4.69, 9.17) is 23.8 Å². The van der Waals surface area contributed by atoms with Gasteiger partial charge >= 0.3 is 0 Å². The Kier molecular flexibility index (Phi) is 6.21. The fourth-order valence-corrected chi connectivity index (χ4v) is 2.25. The highest BCUT2D eigenvalue weighted by Gasteiger charge is 2.12. The minimum absolute atomic E-state index is 0.239. The zero-order valence-electron chi connectivity index (χ0n) is 12.9. The fraction of sp³-hybridized carbons (Fsp3) is 0. The molecule has 0 aliphatic carbocycles. The number of carbonyl (C=O) groups excluding carboxylic acids is 1. The molecule has 0 radical (unpaired) electrons. The van der Waals surface area contributed by atoms with Crippen molar-refractivity contribution in [3.63, 3.8) is 0 Å². The Morgan fingerprint density at radius 3 is 2.54 bits per heavy atom. The lowest BCUT2D eigenvalue weighted by atomic mass is 10.2. The minimum Gasteiger partial charge on any atom is -0.870 e. The van der Waals surface area contributed by atoms with E-state index in [1.54, 1.807) is 0 Å². The summed E-state index contributed by atoms with van der Waals surface area (Å²) in [4.78, 5) is 21.9. The maximum atomic E-state index is 12.8. The van der Waals surface area contributed by atoms with Crippen molar-refractivity contribution >= 4 is 52.3 Å². The van der Waals surface area contributed by atoms with Gasteiger partial charge in [0.25, 0.3) is 5.69 Å². The molecule has 0 unspecified atom stereocenters. The predicted molar refractivity (Wildman–Crippen MR) is 97.3 cm³/mol. The summed E-state index contributed by atoms with van der Waals surface area (Å²) in [5.74, 6) is -1.72. The molecule has 0 atom stereocenters. The average Bonchev–Trinajstić information content (AvgIpc) is 2.58. The molecule has 2 N–H and O–H groups in total. The Bertz CT molecular complexity index is 903. The van der Waals surface area contributed by atoms with E-state index in [-0.39, 0.29) is 15.8 Å². The summed E-state index contributed by atoms with van der Waals surface area (Å²) in [5.41, 5.74) is -0.0489. The molecule has 7 nitrogen and oxygen atoms in total. The molecule has 0 heterocycles. The van der Waals surface area contributed by atoms with Crippen LogP contribution >= 0.6 is 23.8 Å². The molecule has 0 spiro atoms. The highest BCUT2D eigenvalue weighted by atomic mass is 35.5. The number of nitrogens with one attached hydrogen (secondary N) is 2. The van der Waals surface area contributed by atoms with Gasteiger partial charge in [0.1, 0.15) is 5.82 Å². The Hall–Kier alpha value is -3.04. The molecule has 0 saturated carbocycles. The molecule has 2 rings (SSSR count). The van der Waals surface area contributed by atoms with E-state index in [2.05, 4.69) is 10.6 Å². The summed E-state index contributed by atoms with van der Waals surface area (Å²) in [5, 5.41) is 26.7. The van der Waals surface area contributed by atoms with Gasteiger partial charge in [-0.15, -0.1) is 0 Å². The molecular weight excluding hydrogens is 385 g/mol.